The highest BCUT2D eigenvalue weighted by atomic mass is 16.5. The molecule has 1 amide bonds. The van der Waals surface area contributed by atoms with Gasteiger partial charge in [-0.1, -0.05) is 50.3 Å². The van der Waals surface area contributed by atoms with Crippen LogP contribution in [-0.4, -0.2) is 28.8 Å². The maximum absolute atomic E-state index is 13.4. The predicted molar refractivity (Wildman–Crippen MR) is 123 cm³/mol. The summed E-state index contributed by atoms with van der Waals surface area (Å²) in [6.07, 6.45) is 6.88. The van der Waals surface area contributed by atoms with Crippen molar-refractivity contribution in [2.45, 2.75) is 51.0 Å². The summed E-state index contributed by atoms with van der Waals surface area (Å²) in [7, 11) is 1.56. The Morgan fingerprint density at radius 1 is 1.00 bits per heavy atom. The number of methoxy groups -OCH3 is 1. The van der Waals surface area contributed by atoms with Gasteiger partial charge in [-0.2, -0.15) is 4.98 Å². The number of nitrogens with zero attached hydrogens (tertiary/aromatic N) is 3. The molecule has 0 saturated heterocycles. The molecule has 0 N–H and O–H groups in total. The number of fused-ring (bicyclic) bond motifs is 2. The van der Waals surface area contributed by atoms with Crippen LogP contribution in [0.3, 0.4) is 0 Å². The molecule has 1 unspecified atom stereocenters. The number of benzene rings is 1. The van der Waals surface area contributed by atoms with Gasteiger partial charge in [0.1, 0.15) is 11.6 Å². The topological polar surface area (TPSA) is 72.4 Å². The number of hydrogen-bond acceptors (Lipinski definition) is 5. The number of ketones is 1. The van der Waals surface area contributed by atoms with E-state index in [0.29, 0.717) is 41.7 Å². The maximum atomic E-state index is 13.4. The van der Waals surface area contributed by atoms with Crippen LogP contribution in [0.1, 0.15) is 66.9 Å². The number of carbonyl (C=O) groups is 2. The molecule has 6 heteroatoms. The standard InChI is InChI=1S/C26H27N3O3/c1-32-24-14-12-18-11-13-23(27-25(18)28-24)29-22(20-9-5-6-10-21(20)26(29)31)16-19(30)15-17-7-3-2-4-8-17/h5-6,9-14,17,22H,2-4,7-8,15-16H2,1H3. The summed E-state index contributed by atoms with van der Waals surface area (Å²) < 4.78 is 5.23. The normalized spacial score (nSPS) is 18.7. The lowest BCUT2D eigenvalue weighted by Crippen LogP contribution is -2.30. The molecule has 164 valence electrons. The summed E-state index contributed by atoms with van der Waals surface area (Å²) in [6, 6.07) is 14.6. The molecule has 6 nitrogen and oxygen atoms in total. The Kier molecular flexibility index (Phi) is 5.60. The molecule has 1 aliphatic heterocycles. The van der Waals surface area contributed by atoms with Gasteiger partial charge in [0.25, 0.3) is 5.91 Å². The highest BCUT2D eigenvalue weighted by molar-refractivity contribution is 6.11. The quantitative estimate of drug-likeness (QED) is 0.534. The van der Waals surface area contributed by atoms with E-state index in [4.69, 9.17) is 4.74 Å². The summed E-state index contributed by atoms with van der Waals surface area (Å²) in [6.45, 7) is 0. The predicted octanol–water partition coefficient (Wildman–Crippen LogP) is 5.27. The number of amides is 1. The molecule has 1 fully saturated rings. The van der Waals surface area contributed by atoms with Crippen LogP contribution in [0.4, 0.5) is 5.82 Å². The number of Topliss-reactive ketones (excluding diaryl/α,β-unsaturated/α-hetero) is 1. The minimum atomic E-state index is -0.342. The molecule has 0 spiro atoms. The summed E-state index contributed by atoms with van der Waals surface area (Å²) >= 11 is 0. The van der Waals surface area contributed by atoms with E-state index >= 15 is 0 Å². The average Bonchev–Trinajstić information content (AvgIpc) is 3.10. The zero-order valence-corrected chi connectivity index (χ0v) is 18.3. The fourth-order valence-electron chi connectivity index (χ4n) is 5.09. The Bertz CT molecular complexity index is 1170. The maximum Gasteiger partial charge on any atom is 0.260 e. The molecule has 5 rings (SSSR count). The van der Waals surface area contributed by atoms with E-state index in [-0.39, 0.29) is 17.7 Å². The van der Waals surface area contributed by atoms with Crippen LogP contribution in [0.15, 0.2) is 48.5 Å². The van der Waals surface area contributed by atoms with Crippen molar-refractivity contribution in [2.75, 3.05) is 12.0 Å². The average molecular weight is 430 g/mol. The second-order valence-electron chi connectivity index (χ2n) is 8.80. The molecule has 1 aromatic carbocycles. The van der Waals surface area contributed by atoms with Crippen LogP contribution >= 0.6 is 0 Å². The Morgan fingerprint density at radius 3 is 2.59 bits per heavy atom. The van der Waals surface area contributed by atoms with Crippen molar-refractivity contribution in [3.05, 3.63) is 59.7 Å². The van der Waals surface area contributed by atoms with Gasteiger partial charge in [0.2, 0.25) is 5.88 Å². The third-order valence-corrected chi connectivity index (χ3v) is 6.71. The first-order valence-corrected chi connectivity index (χ1v) is 11.4. The van der Waals surface area contributed by atoms with Crippen molar-refractivity contribution in [3.63, 3.8) is 0 Å². The van der Waals surface area contributed by atoms with Crippen molar-refractivity contribution < 1.29 is 14.3 Å². The number of anilines is 1. The molecular weight excluding hydrogens is 402 g/mol. The summed E-state index contributed by atoms with van der Waals surface area (Å²) in [5, 5.41) is 0.864. The molecule has 3 heterocycles. The summed E-state index contributed by atoms with van der Waals surface area (Å²) in [5.41, 5.74) is 2.05. The van der Waals surface area contributed by atoms with E-state index in [9.17, 15) is 9.59 Å². The molecule has 1 aliphatic carbocycles. The summed E-state index contributed by atoms with van der Waals surface area (Å²) in [4.78, 5) is 37.2. The molecule has 2 aromatic heterocycles. The van der Waals surface area contributed by atoms with Crippen LogP contribution in [0, 0.1) is 5.92 Å². The van der Waals surface area contributed by atoms with Gasteiger partial charge in [-0.05, 0) is 35.7 Å². The van der Waals surface area contributed by atoms with Crippen molar-refractivity contribution >= 4 is 28.5 Å². The van der Waals surface area contributed by atoms with E-state index in [1.807, 2.05) is 42.5 Å². The zero-order valence-electron chi connectivity index (χ0n) is 18.3. The van der Waals surface area contributed by atoms with Crippen LogP contribution in [-0.2, 0) is 4.79 Å². The highest BCUT2D eigenvalue weighted by Crippen LogP contribution is 2.40. The molecular formula is C26H27N3O3. The minimum absolute atomic E-state index is 0.120. The van der Waals surface area contributed by atoms with Crippen LogP contribution in [0.2, 0.25) is 0 Å². The minimum Gasteiger partial charge on any atom is -0.481 e. The number of carbonyl (C=O) groups excluding carboxylic acids is 2. The van der Waals surface area contributed by atoms with Crippen molar-refractivity contribution in [1.82, 2.24) is 9.97 Å². The lowest BCUT2D eigenvalue weighted by atomic mass is 9.84. The number of aromatic nitrogens is 2. The van der Waals surface area contributed by atoms with Crippen molar-refractivity contribution in [3.8, 4) is 5.88 Å². The van der Waals surface area contributed by atoms with Crippen LogP contribution in [0.25, 0.3) is 11.0 Å². The van der Waals surface area contributed by atoms with Crippen molar-refractivity contribution in [1.29, 1.82) is 0 Å². The second kappa shape index (κ2) is 8.69. The van der Waals surface area contributed by atoms with Gasteiger partial charge in [-0.3, -0.25) is 14.5 Å². The monoisotopic (exact) mass is 429 g/mol. The van der Waals surface area contributed by atoms with E-state index in [1.54, 1.807) is 18.1 Å². The fraction of sp³-hybridized carbons (Fsp3) is 0.385. The van der Waals surface area contributed by atoms with E-state index < -0.39 is 0 Å². The first-order valence-electron chi connectivity index (χ1n) is 11.4. The lowest BCUT2D eigenvalue weighted by Gasteiger charge is -2.26. The molecule has 32 heavy (non-hydrogen) atoms. The van der Waals surface area contributed by atoms with Gasteiger partial charge < -0.3 is 4.74 Å². The molecule has 2 aliphatic rings. The lowest BCUT2D eigenvalue weighted by molar-refractivity contribution is -0.120. The molecule has 1 saturated carbocycles. The van der Waals surface area contributed by atoms with E-state index in [2.05, 4.69) is 9.97 Å². The molecule has 3 aromatic rings. The van der Waals surface area contributed by atoms with Gasteiger partial charge in [0.15, 0.2) is 5.65 Å². The molecule has 1 atom stereocenters. The Balaban J connectivity index is 1.47. The molecule has 0 radical (unpaired) electrons. The number of ether oxygens (including phenoxy) is 1. The number of rotatable bonds is 6. The Hall–Kier alpha value is -3.28. The Labute approximate surface area is 187 Å². The largest absolute Gasteiger partial charge is 0.481 e. The van der Waals surface area contributed by atoms with Gasteiger partial charge in [0.05, 0.1) is 13.2 Å². The van der Waals surface area contributed by atoms with E-state index in [0.717, 1.165) is 23.8 Å². The SMILES string of the molecule is COc1ccc2ccc(N3C(=O)c4ccccc4C3CC(=O)CC3CCCCC3)nc2n1. The summed E-state index contributed by atoms with van der Waals surface area (Å²) in [5.74, 6) is 1.56. The van der Waals surface area contributed by atoms with Crippen LogP contribution in [0.5, 0.6) is 5.88 Å². The first kappa shape index (κ1) is 20.6. The molecule has 0 bridgehead atoms. The van der Waals surface area contributed by atoms with Crippen molar-refractivity contribution in [2.24, 2.45) is 5.92 Å². The second-order valence-corrected chi connectivity index (χ2v) is 8.80. The fourth-order valence-corrected chi connectivity index (χ4v) is 5.09. The number of pyridine rings is 2. The zero-order chi connectivity index (χ0) is 22.1. The number of hydrogen-bond donors (Lipinski definition) is 0. The smallest absolute Gasteiger partial charge is 0.260 e. The van der Waals surface area contributed by atoms with E-state index in [1.165, 1.54) is 19.3 Å². The van der Waals surface area contributed by atoms with Gasteiger partial charge in [-0.25, -0.2) is 4.98 Å². The van der Waals surface area contributed by atoms with Gasteiger partial charge in [-0.15, -0.1) is 0 Å². The van der Waals surface area contributed by atoms with Crippen LogP contribution < -0.4 is 9.64 Å². The third-order valence-electron chi connectivity index (χ3n) is 6.71. The first-order chi connectivity index (χ1) is 15.6. The third kappa shape index (κ3) is 3.85. The van der Waals surface area contributed by atoms with Gasteiger partial charge in [0, 0.05) is 29.9 Å². The van der Waals surface area contributed by atoms with Gasteiger partial charge >= 0.3 is 0 Å². The Morgan fingerprint density at radius 2 is 1.78 bits per heavy atom. The highest BCUT2D eigenvalue weighted by Gasteiger charge is 2.39.